The average molecular weight is 233 g/mol. The fraction of sp³-hybridized carbons (Fsp3) is 0.222. The Bertz CT molecular complexity index is 389. The minimum Gasteiger partial charge on any atom is -0.504 e. The molecule has 1 atom stereocenters. The number of carbonyl (C=O) groups is 1. The van der Waals surface area contributed by atoms with E-state index in [-0.39, 0.29) is 16.1 Å². The van der Waals surface area contributed by atoms with Crippen LogP contribution in [0.25, 0.3) is 0 Å². The quantitative estimate of drug-likeness (QED) is 0.574. The molecule has 0 aliphatic heterocycles. The second-order valence-corrected chi connectivity index (χ2v) is 3.41. The van der Waals surface area contributed by atoms with Gasteiger partial charge in [-0.2, -0.15) is 0 Å². The van der Waals surface area contributed by atoms with Crippen LogP contribution in [0.5, 0.6) is 11.5 Å². The maximum atomic E-state index is 10.5. The maximum Gasteiger partial charge on any atom is 0.337 e. The number of hydrogen-bond donors (Lipinski definition) is 4. The van der Waals surface area contributed by atoms with E-state index in [1.807, 2.05) is 0 Å². The minimum absolute atomic E-state index is 0.0700. The van der Waals surface area contributed by atoms with Crippen LogP contribution in [0.3, 0.4) is 0 Å². The number of phenolic OH excluding ortho intramolecular Hbond substituents is 2. The van der Waals surface area contributed by atoms with Gasteiger partial charge < -0.3 is 20.4 Å². The Morgan fingerprint density at radius 2 is 2.00 bits per heavy atom. The number of carboxylic acid groups (broad SMARTS) is 1. The van der Waals surface area contributed by atoms with Gasteiger partial charge >= 0.3 is 5.97 Å². The van der Waals surface area contributed by atoms with Gasteiger partial charge in [0.15, 0.2) is 17.6 Å². The Morgan fingerprint density at radius 3 is 2.47 bits per heavy atom. The number of halogens is 1. The number of aliphatic hydroxyl groups excluding tert-OH is 1. The van der Waals surface area contributed by atoms with Crippen LogP contribution >= 0.6 is 11.6 Å². The van der Waals surface area contributed by atoms with Crippen LogP contribution in [-0.4, -0.2) is 26.4 Å². The van der Waals surface area contributed by atoms with E-state index in [1.165, 1.54) is 6.92 Å². The molecule has 82 valence electrons. The fourth-order valence-corrected chi connectivity index (χ4v) is 1.40. The van der Waals surface area contributed by atoms with E-state index >= 15 is 0 Å². The van der Waals surface area contributed by atoms with Gasteiger partial charge in [-0.1, -0.05) is 11.6 Å². The summed E-state index contributed by atoms with van der Waals surface area (Å²) in [5.74, 6) is -2.78. The fourth-order valence-electron chi connectivity index (χ4n) is 1.20. The first kappa shape index (κ1) is 11.6. The summed E-state index contributed by atoms with van der Waals surface area (Å²) in [6.07, 6.45) is -1.92. The highest BCUT2D eigenvalue weighted by Gasteiger charge is 2.25. The van der Waals surface area contributed by atoms with Crippen molar-refractivity contribution < 1.29 is 25.2 Å². The highest BCUT2D eigenvalue weighted by atomic mass is 35.5. The summed E-state index contributed by atoms with van der Waals surface area (Å²) < 4.78 is 0. The zero-order valence-corrected chi connectivity index (χ0v) is 8.49. The number of rotatable bonds is 2. The average Bonchev–Trinajstić information content (AvgIpc) is 2.15. The molecular formula is C9H9ClO5. The number of benzene rings is 1. The predicted molar refractivity (Wildman–Crippen MR) is 52.1 cm³/mol. The van der Waals surface area contributed by atoms with Crippen LogP contribution in [0.15, 0.2) is 6.07 Å². The van der Waals surface area contributed by atoms with Crippen molar-refractivity contribution in [3.63, 3.8) is 0 Å². The number of aliphatic carboxylic acids is 1. The van der Waals surface area contributed by atoms with Crippen molar-refractivity contribution in [2.24, 2.45) is 0 Å². The number of aliphatic hydroxyl groups is 1. The molecule has 0 aliphatic carbocycles. The van der Waals surface area contributed by atoms with Crippen molar-refractivity contribution in [3.8, 4) is 11.5 Å². The topological polar surface area (TPSA) is 98.0 Å². The zero-order chi connectivity index (χ0) is 11.7. The number of carboxylic acids is 1. The van der Waals surface area contributed by atoms with Crippen LogP contribution in [0.4, 0.5) is 0 Å². The van der Waals surface area contributed by atoms with Gasteiger partial charge in [-0.25, -0.2) is 4.79 Å². The van der Waals surface area contributed by atoms with Gasteiger partial charge in [-0.15, -0.1) is 0 Å². The van der Waals surface area contributed by atoms with Gasteiger partial charge in [0.05, 0.1) is 0 Å². The van der Waals surface area contributed by atoms with E-state index in [1.54, 1.807) is 0 Å². The zero-order valence-electron chi connectivity index (χ0n) is 7.73. The standard InChI is InChI=1S/C9H9ClO5/c1-3-4(10)2-5(11)7(12)6(3)8(13)9(14)15/h2,8,11-13H,1H3,(H,14,15). The third-order valence-electron chi connectivity index (χ3n) is 2.03. The first-order valence-electron chi connectivity index (χ1n) is 3.98. The van der Waals surface area contributed by atoms with E-state index in [9.17, 15) is 20.1 Å². The molecule has 0 aromatic heterocycles. The molecule has 6 heteroatoms. The van der Waals surface area contributed by atoms with Gasteiger partial charge in [0.2, 0.25) is 0 Å². The lowest BCUT2D eigenvalue weighted by Crippen LogP contribution is -2.12. The molecule has 1 aromatic carbocycles. The van der Waals surface area contributed by atoms with E-state index < -0.39 is 23.6 Å². The second kappa shape index (κ2) is 3.96. The Balaban J connectivity index is 3.45. The molecule has 5 nitrogen and oxygen atoms in total. The van der Waals surface area contributed by atoms with E-state index in [2.05, 4.69) is 0 Å². The number of aromatic hydroxyl groups is 2. The molecule has 15 heavy (non-hydrogen) atoms. The van der Waals surface area contributed by atoms with E-state index in [0.717, 1.165) is 6.07 Å². The Kier molecular flexibility index (Phi) is 3.06. The van der Waals surface area contributed by atoms with E-state index in [0.29, 0.717) is 0 Å². The van der Waals surface area contributed by atoms with E-state index in [4.69, 9.17) is 16.7 Å². The smallest absolute Gasteiger partial charge is 0.337 e. The van der Waals surface area contributed by atoms with Crippen molar-refractivity contribution in [2.75, 3.05) is 0 Å². The maximum absolute atomic E-state index is 10.5. The molecule has 0 spiro atoms. The molecule has 0 aliphatic rings. The van der Waals surface area contributed by atoms with Crippen molar-refractivity contribution >= 4 is 17.6 Å². The van der Waals surface area contributed by atoms with Crippen molar-refractivity contribution in [1.29, 1.82) is 0 Å². The van der Waals surface area contributed by atoms with Crippen LogP contribution in [0.1, 0.15) is 17.2 Å². The highest BCUT2D eigenvalue weighted by molar-refractivity contribution is 6.31. The lowest BCUT2D eigenvalue weighted by Gasteiger charge is -2.13. The Hall–Kier alpha value is -1.46. The summed E-state index contributed by atoms with van der Waals surface area (Å²) in [4.78, 5) is 10.5. The van der Waals surface area contributed by atoms with Crippen LogP contribution < -0.4 is 0 Å². The largest absolute Gasteiger partial charge is 0.504 e. The monoisotopic (exact) mass is 232 g/mol. The second-order valence-electron chi connectivity index (χ2n) is 3.01. The predicted octanol–water partition coefficient (Wildman–Crippen LogP) is 1.18. The van der Waals surface area contributed by atoms with Crippen LogP contribution in [-0.2, 0) is 4.79 Å². The van der Waals surface area contributed by atoms with Crippen molar-refractivity contribution in [2.45, 2.75) is 13.0 Å². The van der Waals surface area contributed by atoms with Crippen LogP contribution in [0, 0.1) is 6.92 Å². The SMILES string of the molecule is Cc1c(Cl)cc(O)c(O)c1C(O)C(=O)O. The van der Waals surface area contributed by atoms with Gasteiger partial charge in [-0.05, 0) is 12.5 Å². The van der Waals surface area contributed by atoms with Gasteiger partial charge in [0.1, 0.15) is 0 Å². The highest BCUT2D eigenvalue weighted by Crippen LogP contribution is 2.39. The van der Waals surface area contributed by atoms with Crippen LogP contribution in [0.2, 0.25) is 5.02 Å². The first-order chi connectivity index (χ1) is 6.86. The molecule has 4 N–H and O–H groups in total. The third kappa shape index (κ3) is 1.98. The summed E-state index contributed by atoms with van der Waals surface area (Å²) in [5, 5.41) is 36.5. The van der Waals surface area contributed by atoms with Crippen molar-refractivity contribution in [1.82, 2.24) is 0 Å². The molecule has 1 aromatic rings. The normalized spacial score (nSPS) is 12.5. The Labute approximate surface area is 90.2 Å². The third-order valence-corrected chi connectivity index (χ3v) is 2.42. The van der Waals surface area contributed by atoms with Crippen molar-refractivity contribution in [3.05, 3.63) is 22.2 Å². The summed E-state index contributed by atoms with van der Waals surface area (Å²) in [6, 6.07) is 1.07. The molecule has 0 heterocycles. The molecule has 0 bridgehead atoms. The molecule has 0 saturated carbocycles. The summed E-state index contributed by atoms with van der Waals surface area (Å²) >= 11 is 5.66. The summed E-state index contributed by atoms with van der Waals surface area (Å²) in [7, 11) is 0. The lowest BCUT2D eigenvalue weighted by atomic mass is 10.0. The molecule has 0 saturated heterocycles. The number of phenols is 2. The first-order valence-corrected chi connectivity index (χ1v) is 4.35. The Morgan fingerprint density at radius 1 is 1.47 bits per heavy atom. The molecule has 1 unspecified atom stereocenters. The lowest BCUT2D eigenvalue weighted by molar-refractivity contribution is -0.147. The van der Waals surface area contributed by atoms with Gasteiger partial charge in [0.25, 0.3) is 0 Å². The summed E-state index contributed by atoms with van der Waals surface area (Å²) in [5.41, 5.74) is -0.0885. The number of hydrogen-bond acceptors (Lipinski definition) is 4. The van der Waals surface area contributed by atoms with Gasteiger partial charge in [-0.3, -0.25) is 0 Å². The molecule has 0 radical (unpaired) electrons. The molecule has 0 amide bonds. The van der Waals surface area contributed by atoms with Gasteiger partial charge in [0, 0.05) is 16.7 Å². The molecule has 1 rings (SSSR count). The molecule has 0 fully saturated rings. The minimum atomic E-state index is -1.92. The summed E-state index contributed by atoms with van der Waals surface area (Å²) in [6.45, 7) is 1.43. The molecular weight excluding hydrogens is 224 g/mol.